The average molecular weight is 1950 g/mol. The maximum absolute atomic E-state index is 12.8. The number of hydrogen-bond donors (Lipinski definition) is 13. The number of aliphatic hydroxyl groups excluding tert-OH is 5. The molecule has 0 spiro atoms. The van der Waals surface area contributed by atoms with Crippen molar-refractivity contribution in [2.24, 2.45) is 11.8 Å². The largest absolute Gasteiger partial charge is 0.396 e. The lowest BCUT2D eigenvalue weighted by Gasteiger charge is -2.36. The Morgan fingerprint density at radius 3 is 0.924 bits per heavy atom. The fourth-order valence-electron chi connectivity index (χ4n) is 18.8. The van der Waals surface area contributed by atoms with Crippen LogP contribution in [0.3, 0.4) is 0 Å². The zero-order valence-electron chi connectivity index (χ0n) is 81.1. The van der Waals surface area contributed by atoms with E-state index in [9.17, 15) is 49.5 Å². The van der Waals surface area contributed by atoms with Gasteiger partial charge < -0.3 is 77.9 Å². The molecule has 2 aliphatic heterocycles. The van der Waals surface area contributed by atoms with Gasteiger partial charge in [-0.3, -0.25) is 48.9 Å². The molecular weight excluding hydrogens is 1830 g/mol. The van der Waals surface area contributed by atoms with Gasteiger partial charge in [0.25, 0.3) is 29.5 Å². The number of pyridine rings is 5. The number of carbonyl (C=O) groups excluding carboxylic acids is 5. The van der Waals surface area contributed by atoms with Gasteiger partial charge in [-0.15, -0.1) is 0 Å². The predicted octanol–water partition coefficient (Wildman–Crippen LogP) is 13.9. The maximum atomic E-state index is 12.8. The number of nitrogens with one attached hydrogen (secondary N) is 8. The first-order chi connectivity index (χ1) is 70.3. The third-order valence-corrected chi connectivity index (χ3v) is 27.8. The van der Waals surface area contributed by atoms with Gasteiger partial charge in [0.2, 0.25) is 0 Å². The summed E-state index contributed by atoms with van der Waals surface area (Å²) in [7, 11) is 0. The molecule has 8 aliphatic rings. The molecule has 40 nitrogen and oxygen atoms in total. The Kier molecular flexibility index (Phi) is 30.1. The number of amides is 5. The van der Waals surface area contributed by atoms with E-state index in [1.807, 2.05) is 70.8 Å². The lowest BCUT2D eigenvalue weighted by atomic mass is 9.99. The lowest BCUT2D eigenvalue weighted by molar-refractivity contribution is 0.101. The second-order valence-electron chi connectivity index (χ2n) is 39.1. The number of rotatable bonds is 31. The maximum Gasteiger partial charge on any atom is 0.258 e. The number of nitrogens with zero attached hydrogens (tertiary/aromatic N) is 22. The molecule has 2 unspecified atom stereocenters. The Balaban J connectivity index is 0.000000114. The van der Waals surface area contributed by atoms with Crippen LogP contribution in [0.1, 0.15) is 272 Å². The van der Waals surface area contributed by atoms with Gasteiger partial charge in [-0.05, 0) is 224 Å². The molecule has 144 heavy (non-hydrogen) atoms. The summed E-state index contributed by atoms with van der Waals surface area (Å²) in [4.78, 5) is 112. The number of aliphatic hydroxyl groups is 5. The predicted molar refractivity (Wildman–Crippen MR) is 545 cm³/mol. The van der Waals surface area contributed by atoms with Gasteiger partial charge in [0.1, 0.15) is 58.2 Å². The van der Waals surface area contributed by atoms with E-state index in [0.717, 1.165) is 216 Å². The summed E-state index contributed by atoms with van der Waals surface area (Å²) in [6.45, 7) is 10.2. The molecule has 23 rings (SSSR count). The van der Waals surface area contributed by atoms with E-state index in [2.05, 4.69) is 103 Å². The number of fused-ring (bicyclic) bond motifs is 5. The lowest BCUT2D eigenvalue weighted by Crippen LogP contribution is -2.42. The van der Waals surface area contributed by atoms with Crippen molar-refractivity contribution in [1.29, 1.82) is 0 Å². The minimum atomic E-state index is -0.351. The van der Waals surface area contributed by atoms with Gasteiger partial charge in [0.05, 0.1) is 109 Å². The van der Waals surface area contributed by atoms with E-state index in [0.29, 0.717) is 104 Å². The van der Waals surface area contributed by atoms with Crippen molar-refractivity contribution in [1.82, 2.24) is 97.9 Å². The van der Waals surface area contributed by atoms with Crippen LogP contribution in [-0.4, -0.2) is 229 Å². The van der Waals surface area contributed by atoms with Crippen molar-refractivity contribution >= 4 is 116 Å². The summed E-state index contributed by atoms with van der Waals surface area (Å²) >= 11 is 0. The molecule has 13 N–H and O–H groups in total. The van der Waals surface area contributed by atoms with Crippen molar-refractivity contribution in [3.05, 3.63) is 240 Å². The van der Waals surface area contributed by atoms with Gasteiger partial charge in [-0.2, -0.15) is 48.1 Å². The fourth-order valence-corrected chi connectivity index (χ4v) is 18.8. The van der Waals surface area contributed by atoms with Gasteiger partial charge in [0, 0.05) is 146 Å². The first kappa shape index (κ1) is 97.8. The number of anilines is 10. The molecule has 6 aliphatic carbocycles. The van der Waals surface area contributed by atoms with Crippen LogP contribution in [-0.2, 0) is 0 Å². The molecule has 40 heteroatoms. The summed E-state index contributed by atoms with van der Waals surface area (Å²) in [5.41, 5.74) is 11.4. The number of hydrogen-bond acceptors (Lipinski definition) is 30. The number of carbonyl (C=O) groups is 5. The van der Waals surface area contributed by atoms with Crippen molar-refractivity contribution in [3.8, 4) is 0 Å². The average Bonchev–Trinajstić information content (AvgIpc) is 1.71. The molecule has 15 aromatic rings. The third kappa shape index (κ3) is 22.9. The topological polar surface area (TPSA) is 505 Å². The van der Waals surface area contributed by atoms with Gasteiger partial charge in [0.15, 0.2) is 28.2 Å². The zero-order valence-corrected chi connectivity index (χ0v) is 81.1. The van der Waals surface area contributed by atoms with Crippen LogP contribution in [0.2, 0.25) is 0 Å². The van der Waals surface area contributed by atoms with E-state index in [1.165, 1.54) is 18.6 Å². The Morgan fingerprint density at radius 2 is 0.646 bits per heavy atom. The highest BCUT2D eigenvalue weighted by atomic mass is 16.3. The smallest absolute Gasteiger partial charge is 0.258 e. The minimum absolute atomic E-state index is 0.00333. The minimum Gasteiger partial charge on any atom is -0.396 e. The van der Waals surface area contributed by atoms with Crippen LogP contribution >= 0.6 is 0 Å². The summed E-state index contributed by atoms with van der Waals surface area (Å²) in [6, 6.07) is 26.3. The number of piperidine rings is 2. The molecule has 2 saturated heterocycles. The Hall–Kier alpha value is -15.0. The molecular formula is C104H122N30O10. The van der Waals surface area contributed by atoms with Gasteiger partial charge in [-0.25, -0.2) is 24.9 Å². The highest BCUT2D eigenvalue weighted by molar-refractivity contribution is 6.07. The summed E-state index contributed by atoms with van der Waals surface area (Å²) in [5.74, 6) is 7.86. The quantitative estimate of drug-likeness (QED) is 0.0192. The van der Waals surface area contributed by atoms with Crippen LogP contribution in [0, 0.1) is 11.8 Å². The molecule has 6 saturated carbocycles. The van der Waals surface area contributed by atoms with E-state index in [-0.39, 0.29) is 104 Å². The van der Waals surface area contributed by atoms with Crippen molar-refractivity contribution < 1.29 is 49.5 Å². The third-order valence-electron chi connectivity index (χ3n) is 27.8. The SMILES string of the molecule is CC(C)[C@@H](CO)Nc1cc(NC(=O)c2cccnc2)n2ncc(C3CC3)c2n1.CC(C)[C@H](CO)Nc1cc(NC(=O)c2cccnc2)n2ncc(C3CC3)c2n1.O=C(Nc1cc(N2CCCCC2CCO)nc2c(C3CC3)cnn12)c1cccnc1.O=C(Nc1cc(N2CCCCC2CO)nc2c(C3CC3)cnn12)c1cccnc1.O=C(Nc1cc(NC2(CO)CCCC2)nc2c(C3CC3)cnn12)c1cccnc1. The molecule has 8 fully saturated rings. The fraction of sp³-hybridized carbons (Fsp3) is 0.423. The van der Waals surface area contributed by atoms with Crippen LogP contribution < -0.4 is 52.3 Å². The van der Waals surface area contributed by atoms with Crippen molar-refractivity contribution in [2.75, 3.05) is 98.5 Å². The molecule has 4 atom stereocenters. The Morgan fingerprint density at radius 1 is 0.354 bits per heavy atom. The van der Waals surface area contributed by atoms with Crippen LogP contribution in [0.15, 0.2) is 184 Å². The highest BCUT2D eigenvalue weighted by Gasteiger charge is 2.39. The molecule has 17 heterocycles. The van der Waals surface area contributed by atoms with E-state index >= 15 is 0 Å². The molecule has 0 aromatic carbocycles. The van der Waals surface area contributed by atoms with Crippen molar-refractivity contribution in [2.45, 2.75) is 222 Å². The normalized spacial score (nSPS) is 17.4. The Labute approximate surface area is 830 Å². The van der Waals surface area contributed by atoms with Crippen molar-refractivity contribution in [3.63, 3.8) is 0 Å². The molecule has 748 valence electrons. The standard InChI is InChI=1S/C22H26N6O2.2C21H24N6O2.2C20H24N6O2/c29-11-8-17-5-1-2-10-27(17)19-12-20(26-22(30)16-4-3-9-23-13-16)28-21(25-19)18(14-24-28)15-6-7-15;28-13-21(7-1-2-8-21)26-17-10-18(25-20(29)15-4-3-9-22-11-15)27-19(24-17)16(12-23-27)14-5-6-14;28-13-16-5-1-2-9-26(16)18-10-19(25-21(29)15-4-3-8-22-11-15)27-20(24-18)17(12-23-27)14-6-7-14;2*1-12(2)16(11-27)23-17-8-18(25-20(28)14-4-3-7-21-9-14)26-19(24-17)15(10-22-26)13-5-6-13/h3-4,9,12-15,17,29H,1-2,5-8,10-11H2,(H,26,30);3-4,9-12,14,28H,1-2,5-8,13H2,(H,24,26)(H,25,29);3-4,8,10-12,14,16,28H,1-2,5-7,9,13H2,(H,25,29);2*3-4,7-10,12-13,16,27H,5-6,11H2,1-2H3,(H,23,24)(H,25,28)/t;;;2*16-/m...10/s1. The highest BCUT2D eigenvalue weighted by Crippen LogP contribution is 2.48. The molecule has 0 radical (unpaired) electrons. The zero-order chi connectivity index (χ0) is 99.5. The molecule has 5 amide bonds. The van der Waals surface area contributed by atoms with Gasteiger partial charge in [-0.1, -0.05) is 40.5 Å². The summed E-state index contributed by atoms with van der Waals surface area (Å²) < 4.78 is 8.46. The molecule has 15 aromatic heterocycles. The van der Waals surface area contributed by atoms with E-state index in [1.54, 1.807) is 145 Å². The van der Waals surface area contributed by atoms with Gasteiger partial charge >= 0.3 is 0 Å². The van der Waals surface area contributed by atoms with E-state index < -0.39 is 0 Å². The van der Waals surface area contributed by atoms with E-state index in [4.69, 9.17) is 24.9 Å². The monoisotopic (exact) mass is 1950 g/mol. The van der Waals surface area contributed by atoms with Crippen LogP contribution in [0.4, 0.5) is 58.2 Å². The van der Waals surface area contributed by atoms with Crippen LogP contribution in [0.5, 0.6) is 0 Å². The second kappa shape index (κ2) is 44.2. The summed E-state index contributed by atoms with van der Waals surface area (Å²) in [6.07, 6.45) is 47.6. The first-order valence-electron chi connectivity index (χ1n) is 50.2. The first-order valence-corrected chi connectivity index (χ1v) is 50.2. The second-order valence-corrected chi connectivity index (χ2v) is 39.1. The number of aromatic nitrogens is 20. The molecule has 0 bridgehead atoms. The summed E-state index contributed by atoms with van der Waals surface area (Å²) in [5, 5.41) is 95.9. The van der Waals surface area contributed by atoms with Crippen LogP contribution in [0.25, 0.3) is 28.2 Å². The Bertz CT molecular complexity index is 6840.